The van der Waals surface area contributed by atoms with Gasteiger partial charge in [-0.25, -0.2) is 0 Å². The third kappa shape index (κ3) is 2.41. The van der Waals surface area contributed by atoms with Gasteiger partial charge in [-0.05, 0) is 19.1 Å². The highest BCUT2D eigenvalue weighted by atomic mass is 35.5. The molecule has 0 saturated heterocycles. The number of rotatable bonds is 3. The van der Waals surface area contributed by atoms with E-state index in [1.165, 1.54) is 0 Å². The fourth-order valence-corrected chi connectivity index (χ4v) is 2.29. The number of hydrogen-bond donors (Lipinski definition) is 1. The van der Waals surface area contributed by atoms with Crippen LogP contribution in [0.15, 0.2) is 16.5 Å². The second kappa shape index (κ2) is 4.38. The Bertz CT molecular complexity index is 329. The molecule has 0 bridgehead atoms. The number of aryl methyl sites for hydroxylation is 1. The summed E-state index contributed by atoms with van der Waals surface area (Å²) in [7, 11) is 5.76. The molecule has 4 heteroatoms. The van der Waals surface area contributed by atoms with Crippen LogP contribution >= 0.6 is 9.07 Å². The molecule has 1 atom stereocenters. The standard InChI is InChI=1S/C9H9O2.ClH.Mg/c1-3-4-8(10)9-6-5-7(2)11-9;;/h1,5-6,10H,4H2,2H3;1H;/q;;+1/p-1. The van der Waals surface area contributed by atoms with Crippen LogP contribution in [-0.4, -0.2) is 24.4 Å². The summed E-state index contributed by atoms with van der Waals surface area (Å²) in [6.07, 6.45) is 5.36. The molecule has 0 aliphatic rings. The molecule has 1 aromatic rings. The summed E-state index contributed by atoms with van der Waals surface area (Å²) >= 11 is -1.17. The monoisotopic (exact) mass is 208 g/mol. The first kappa shape index (κ1) is 10.9. The quantitative estimate of drug-likeness (QED) is 0.605. The zero-order chi connectivity index (χ0) is 9.90. The normalized spacial score (nSPS) is 14.3. The van der Waals surface area contributed by atoms with Crippen molar-refractivity contribution in [3.63, 3.8) is 0 Å². The SMILES string of the molecule is C#CC[C](O)([Mg][Cl])c1ccc(C)o1. The van der Waals surface area contributed by atoms with Crippen LogP contribution in [0.5, 0.6) is 0 Å². The van der Waals surface area contributed by atoms with Crippen molar-refractivity contribution in [2.24, 2.45) is 0 Å². The number of furan rings is 1. The molecular formula is C9H9ClMgO2. The van der Waals surface area contributed by atoms with Gasteiger partial charge in [0.05, 0.1) is 3.73 Å². The van der Waals surface area contributed by atoms with Crippen LogP contribution < -0.4 is 0 Å². The molecule has 1 aromatic heterocycles. The summed E-state index contributed by atoms with van der Waals surface area (Å²) in [6.45, 7) is 1.82. The Balaban J connectivity index is 2.96. The van der Waals surface area contributed by atoms with Crippen molar-refractivity contribution < 1.29 is 9.52 Å². The smallest absolute Gasteiger partial charge is 0.466 e. The first-order chi connectivity index (χ1) is 6.12. The predicted octanol–water partition coefficient (Wildman–Crippen LogP) is 1.61. The molecule has 0 saturated carbocycles. The molecule has 0 aromatic carbocycles. The molecule has 66 valence electrons. The largest absolute Gasteiger partial charge is 0.556 e. The van der Waals surface area contributed by atoms with Gasteiger partial charge >= 0.3 is 19.3 Å². The van der Waals surface area contributed by atoms with E-state index in [1.54, 1.807) is 12.1 Å². The van der Waals surface area contributed by atoms with E-state index in [4.69, 9.17) is 19.9 Å². The van der Waals surface area contributed by atoms with E-state index in [-0.39, 0.29) is 6.42 Å². The summed E-state index contributed by atoms with van der Waals surface area (Å²) in [6, 6.07) is 3.51. The minimum Gasteiger partial charge on any atom is -0.466 e. The van der Waals surface area contributed by atoms with E-state index >= 15 is 0 Å². The lowest BCUT2D eigenvalue weighted by molar-refractivity contribution is 0.104. The summed E-state index contributed by atoms with van der Waals surface area (Å²) in [5.41, 5.74) is 0. The van der Waals surface area contributed by atoms with Gasteiger partial charge in [-0.2, -0.15) is 0 Å². The Morgan fingerprint density at radius 3 is 2.85 bits per heavy atom. The third-order valence-corrected chi connectivity index (χ3v) is 4.18. The Hall–Kier alpha value is -0.144. The van der Waals surface area contributed by atoms with Crippen molar-refractivity contribution >= 4 is 28.3 Å². The van der Waals surface area contributed by atoms with Crippen molar-refractivity contribution in [3.05, 3.63) is 23.7 Å². The van der Waals surface area contributed by atoms with Gasteiger partial charge in [-0.1, -0.05) is 0 Å². The molecule has 0 radical (unpaired) electrons. The molecule has 0 amide bonds. The number of halogens is 1. The third-order valence-electron chi connectivity index (χ3n) is 1.81. The van der Waals surface area contributed by atoms with Gasteiger partial charge in [-0.15, -0.1) is 12.3 Å². The molecule has 0 fully saturated rings. The van der Waals surface area contributed by atoms with Gasteiger partial charge < -0.3 is 18.6 Å². The van der Waals surface area contributed by atoms with Crippen LogP contribution in [0.2, 0.25) is 0 Å². The molecule has 1 rings (SSSR count). The Morgan fingerprint density at radius 2 is 2.46 bits per heavy atom. The van der Waals surface area contributed by atoms with Crippen LogP contribution in [0.1, 0.15) is 17.9 Å². The number of hydrogen-bond acceptors (Lipinski definition) is 2. The van der Waals surface area contributed by atoms with E-state index in [9.17, 15) is 5.11 Å². The molecule has 2 nitrogen and oxygen atoms in total. The second-order valence-corrected chi connectivity index (χ2v) is 5.20. The fraction of sp³-hybridized carbons (Fsp3) is 0.333. The van der Waals surface area contributed by atoms with Crippen LogP contribution in [0.25, 0.3) is 0 Å². The first-order valence-corrected chi connectivity index (χ1v) is 6.75. The molecule has 0 aliphatic carbocycles. The maximum absolute atomic E-state index is 10.00. The summed E-state index contributed by atoms with van der Waals surface area (Å²) in [4.78, 5) is 0. The second-order valence-electron chi connectivity index (χ2n) is 2.96. The highest BCUT2D eigenvalue weighted by molar-refractivity contribution is 6.95. The minimum absolute atomic E-state index is 0.218. The van der Waals surface area contributed by atoms with Crippen LogP contribution in [0, 0.1) is 19.3 Å². The highest BCUT2D eigenvalue weighted by Crippen LogP contribution is 2.26. The van der Waals surface area contributed by atoms with Crippen molar-refractivity contribution in [3.8, 4) is 12.3 Å². The van der Waals surface area contributed by atoms with Gasteiger partial charge in [-0.3, -0.25) is 0 Å². The highest BCUT2D eigenvalue weighted by Gasteiger charge is 2.33. The molecule has 0 aliphatic heterocycles. The van der Waals surface area contributed by atoms with Gasteiger partial charge in [0.15, 0.2) is 0 Å². The fourth-order valence-electron chi connectivity index (χ4n) is 1.05. The van der Waals surface area contributed by atoms with Crippen LogP contribution in [-0.2, 0) is 3.73 Å². The van der Waals surface area contributed by atoms with E-state index < -0.39 is 23.0 Å². The molecule has 1 N–H and O–H groups in total. The van der Waals surface area contributed by atoms with E-state index in [1.807, 2.05) is 6.92 Å². The van der Waals surface area contributed by atoms with Crippen molar-refractivity contribution in [1.82, 2.24) is 0 Å². The molecule has 1 heterocycles. The maximum atomic E-state index is 10.00. The van der Waals surface area contributed by atoms with Crippen molar-refractivity contribution in [2.75, 3.05) is 0 Å². The van der Waals surface area contributed by atoms with E-state index in [2.05, 4.69) is 5.92 Å². The summed E-state index contributed by atoms with van der Waals surface area (Å²) in [5, 5.41) is 10.00. The Morgan fingerprint density at radius 1 is 1.77 bits per heavy atom. The number of aliphatic hydroxyl groups is 1. The topological polar surface area (TPSA) is 33.4 Å². The zero-order valence-corrected chi connectivity index (χ0v) is 9.55. The average molecular weight is 209 g/mol. The van der Waals surface area contributed by atoms with Crippen molar-refractivity contribution in [2.45, 2.75) is 17.1 Å². The molecule has 13 heavy (non-hydrogen) atoms. The molecule has 1 unspecified atom stereocenters. The zero-order valence-electron chi connectivity index (χ0n) is 7.38. The minimum atomic E-state index is -1.17. The Kier molecular flexibility index (Phi) is 3.69. The maximum Gasteiger partial charge on any atom is 0.556 e. The van der Waals surface area contributed by atoms with E-state index in [0.29, 0.717) is 5.76 Å². The lowest BCUT2D eigenvalue weighted by Crippen LogP contribution is -2.29. The van der Waals surface area contributed by atoms with Crippen LogP contribution in [0.3, 0.4) is 0 Å². The van der Waals surface area contributed by atoms with Crippen LogP contribution in [0.4, 0.5) is 0 Å². The van der Waals surface area contributed by atoms with Gasteiger partial charge in [0.25, 0.3) is 0 Å². The molecular weight excluding hydrogens is 200 g/mol. The average Bonchev–Trinajstić information content (AvgIpc) is 2.52. The lowest BCUT2D eigenvalue weighted by Gasteiger charge is -2.20. The summed E-state index contributed by atoms with van der Waals surface area (Å²) < 4.78 is 4.20. The van der Waals surface area contributed by atoms with Gasteiger partial charge in [0.1, 0.15) is 11.5 Å². The van der Waals surface area contributed by atoms with Gasteiger partial charge in [0, 0.05) is 6.42 Å². The first-order valence-electron chi connectivity index (χ1n) is 3.91. The molecule has 0 spiro atoms. The Labute approximate surface area is 90.8 Å². The van der Waals surface area contributed by atoms with Crippen molar-refractivity contribution in [1.29, 1.82) is 0 Å². The number of terminal acetylenes is 1. The van der Waals surface area contributed by atoms with Gasteiger partial charge in [0.2, 0.25) is 0 Å². The van der Waals surface area contributed by atoms with E-state index in [0.717, 1.165) is 5.76 Å². The summed E-state index contributed by atoms with van der Waals surface area (Å²) in [5.74, 6) is 3.65. The predicted molar refractivity (Wildman–Crippen MR) is 52.4 cm³/mol. The lowest BCUT2D eigenvalue weighted by atomic mass is 10.2.